The van der Waals surface area contributed by atoms with Gasteiger partial charge in [-0.15, -0.1) is 0 Å². The third kappa shape index (κ3) is 2.65. The van der Waals surface area contributed by atoms with Crippen molar-refractivity contribution >= 4 is 28.8 Å². The predicted octanol–water partition coefficient (Wildman–Crippen LogP) is 3.38. The molecule has 0 atom stereocenters. The van der Waals surface area contributed by atoms with Crippen LogP contribution in [-0.2, 0) is 0 Å². The molecule has 2 rings (SSSR count). The Morgan fingerprint density at radius 3 is 2.78 bits per heavy atom. The normalized spacial score (nSPS) is 10.2. The summed E-state index contributed by atoms with van der Waals surface area (Å²) in [5.74, 6) is 1.06. The number of hydrogen-bond acceptors (Lipinski definition) is 4. The summed E-state index contributed by atoms with van der Waals surface area (Å²) in [7, 11) is 1.53. The van der Waals surface area contributed by atoms with E-state index in [1.165, 1.54) is 7.11 Å². The summed E-state index contributed by atoms with van der Waals surface area (Å²) in [5, 5.41) is 3.86. The lowest BCUT2D eigenvalue weighted by atomic mass is 10.2. The molecular formula is C13H14ClN3O. The van der Waals surface area contributed by atoms with Gasteiger partial charge in [0.1, 0.15) is 5.82 Å². The van der Waals surface area contributed by atoms with Crippen LogP contribution in [0.4, 0.5) is 17.2 Å². The maximum absolute atomic E-state index is 5.96. The molecule has 1 aromatic carbocycles. The van der Waals surface area contributed by atoms with Crippen LogP contribution in [0.3, 0.4) is 0 Å². The summed E-state index contributed by atoms with van der Waals surface area (Å²) in [4.78, 5) is 4.26. The number of nitrogen functional groups attached to an aromatic ring is 1. The first-order valence-corrected chi connectivity index (χ1v) is 5.81. The van der Waals surface area contributed by atoms with E-state index in [2.05, 4.69) is 10.3 Å². The second-order valence-electron chi connectivity index (χ2n) is 3.88. The van der Waals surface area contributed by atoms with Crippen LogP contribution in [0.5, 0.6) is 5.88 Å². The largest absolute Gasteiger partial charge is 0.479 e. The molecule has 0 aliphatic carbocycles. The van der Waals surface area contributed by atoms with Crippen LogP contribution >= 0.6 is 11.6 Å². The SMILES string of the molecule is COc1nc(Nc2cc(Cl)ccc2C)ccc1N. The van der Waals surface area contributed by atoms with Crippen molar-refractivity contribution in [3.05, 3.63) is 40.9 Å². The van der Waals surface area contributed by atoms with Gasteiger partial charge in [0.15, 0.2) is 0 Å². The van der Waals surface area contributed by atoms with Gasteiger partial charge in [0.25, 0.3) is 0 Å². The molecule has 5 heteroatoms. The highest BCUT2D eigenvalue weighted by Crippen LogP contribution is 2.26. The van der Waals surface area contributed by atoms with Crippen LogP contribution in [0, 0.1) is 6.92 Å². The molecule has 4 nitrogen and oxygen atoms in total. The molecule has 0 aliphatic heterocycles. The van der Waals surface area contributed by atoms with Crippen molar-refractivity contribution in [1.29, 1.82) is 0 Å². The first-order valence-electron chi connectivity index (χ1n) is 5.44. The van der Waals surface area contributed by atoms with Gasteiger partial charge in [-0.25, -0.2) is 0 Å². The Morgan fingerprint density at radius 1 is 1.28 bits per heavy atom. The quantitative estimate of drug-likeness (QED) is 0.891. The lowest BCUT2D eigenvalue weighted by Gasteiger charge is -2.11. The van der Waals surface area contributed by atoms with Gasteiger partial charge in [0.2, 0.25) is 5.88 Å². The number of nitrogens with one attached hydrogen (secondary N) is 1. The average molecular weight is 264 g/mol. The van der Waals surface area contributed by atoms with Crippen molar-refractivity contribution in [2.75, 3.05) is 18.2 Å². The summed E-state index contributed by atoms with van der Waals surface area (Å²) >= 11 is 5.96. The van der Waals surface area contributed by atoms with Gasteiger partial charge in [-0.2, -0.15) is 4.98 Å². The molecule has 94 valence electrons. The Kier molecular flexibility index (Phi) is 3.58. The average Bonchev–Trinajstić information content (AvgIpc) is 2.36. The molecule has 0 spiro atoms. The van der Waals surface area contributed by atoms with Gasteiger partial charge in [0.05, 0.1) is 12.8 Å². The summed E-state index contributed by atoms with van der Waals surface area (Å²) in [5.41, 5.74) is 8.20. The van der Waals surface area contributed by atoms with Crippen LogP contribution in [0.2, 0.25) is 5.02 Å². The maximum Gasteiger partial charge on any atom is 0.238 e. The van der Waals surface area contributed by atoms with E-state index in [0.717, 1.165) is 11.3 Å². The molecule has 0 saturated heterocycles. The van der Waals surface area contributed by atoms with E-state index in [-0.39, 0.29) is 0 Å². The number of nitrogens with two attached hydrogens (primary N) is 1. The fourth-order valence-corrected chi connectivity index (χ4v) is 1.72. The Hall–Kier alpha value is -1.94. The van der Waals surface area contributed by atoms with Crippen molar-refractivity contribution in [2.45, 2.75) is 6.92 Å². The molecule has 0 aliphatic rings. The number of ether oxygens (including phenoxy) is 1. The van der Waals surface area contributed by atoms with Crippen molar-refractivity contribution in [3.63, 3.8) is 0 Å². The van der Waals surface area contributed by atoms with Gasteiger partial charge in [-0.05, 0) is 36.8 Å². The Morgan fingerprint density at radius 2 is 2.06 bits per heavy atom. The number of nitrogens with zero attached hydrogens (tertiary/aromatic N) is 1. The number of benzene rings is 1. The lowest BCUT2D eigenvalue weighted by Crippen LogP contribution is -2.00. The van der Waals surface area contributed by atoms with Gasteiger partial charge >= 0.3 is 0 Å². The zero-order valence-electron chi connectivity index (χ0n) is 10.2. The molecule has 1 aromatic heterocycles. The van der Waals surface area contributed by atoms with Crippen LogP contribution in [0.25, 0.3) is 0 Å². The number of rotatable bonds is 3. The Bertz CT molecular complexity index is 572. The molecule has 0 radical (unpaired) electrons. The predicted molar refractivity (Wildman–Crippen MR) is 74.7 cm³/mol. The van der Waals surface area contributed by atoms with Crippen LogP contribution in [0.15, 0.2) is 30.3 Å². The molecule has 0 amide bonds. The van der Waals surface area contributed by atoms with E-state index in [9.17, 15) is 0 Å². The first kappa shape index (κ1) is 12.5. The lowest BCUT2D eigenvalue weighted by molar-refractivity contribution is 0.401. The zero-order chi connectivity index (χ0) is 13.1. The molecule has 2 aromatic rings. The van der Waals surface area contributed by atoms with Crippen molar-refractivity contribution < 1.29 is 4.74 Å². The van der Waals surface area contributed by atoms with Crippen LogP contribution < -0.4 is 15.8 Å². The fourth-order valence-electron chi connectivity index (χ4n) is 1.55. The van der Waals surface area contributed by atoms with Gasteiger partial charge in [0, 0.05) is 10.7 Å². The minimum absolute atomic E-state index is 0.402. The smallest absolute Gasteiger partial charge is 0.238 e. The van der Waals surface area contributed by atoms with Crippen LogP contribution in [-0.4, -0.2) is 12.1 Å². The summed E-state index contributed by atoms with van der Waals surface area (Å²) in [6.07, 6.45) is 0. The highest BCUT2D eigenvalue weighted by molar-refractivity contribution is 6.30. The highest BCUT2D eigenvalue weighted by atomic mass is 35.5. The number of anilines is 3. The molecular weight excluding hydrogens is 250 g/mol. The number of aromatic nitrogens is 1. The number of aryl methyl sites for hydroxylation is 1. The number of halogens is 1. The molecule has 0 fully saturated rings. The summed E-state index contributed by atoms with van der Waals surface area (Å²) in [6.45, 7) is 1.99. The molecule has 0 saturated carbocycles. The second-order valence-corrected chi connectivity index (χ2v) is 4.32. The van der Waals surface area contributed by atoms with Crippen molar-refractivity contribution in [3.8, 4) is 5.88 Å². The number of hydrogen-bond donors (Lipinski definition) is 2. The third-order valence-corrected chi connectivity index (χ3v) is 2.78. The summed E-state index contributed by atoms with van der Waals surface area (Å²) < 4.78 is 5.08. The maximum atomic E-state index is 5.96. The van der Waals surface area contributed by atoms with E-state index in [0.29, 0.717) is 22.4 Å². The molecule has 1 heterocycles. The minimum atomic E-state index is 0.402. The molecule has 3 N–H and O–H groups in total. The van der Waals surface area contributed by atoms with E-state index in [4.69, 9.17) is 22.1 Å². The highest BCUT2D eigenvalue weighted by Gasteiger charge is 2.05. The monoisotopic (exact) mass is 263 g/mol. The molecule has 18 heavy (non-hydrogen) atoms. The van der Waals surface area contributed by atoms with E-state index in [1.54, 1.807) is 12.1 Å². The third-order valence-electron chi connectivity index (χ3n) is 2.55. The minimum Gasteiger partial charge on any atom is -0.479 e. The van der Waals surface area contributed by atoms with E-state index >= 15 is 0 Å². The van der Waals surface area contributed by atoms with Crippen molar-refractivity contribution in [1.82, 2.24) is 4.98 Å². The number of pyridine rings is 1. The fraction of sp³-hybridized carbons (Fsp3) is 0.154. The second kappa shape index (κ2) is 5.14. The van der Waals surface area contributed by atoms with Crippen LogP contribution in [0.1, 0.15) is 5.56 Å². The summed E-state index contributed by atoms with van der Waals surface area (Å²) in [6, 6.07) is 9.17. The Labute approximate surface area is 111 Å². The Balaban J connectivity index is 2.31. The van der Waals surface area contributed by atoms with Gasteiger partial charge in [-0.3, -0.25) is 0 Å². The van der Waals surface area contributed by atoms with Crippen molar-refractivity contribution in [2.24, 2.45) is 0 Å². The van der Waals surface area contributed by atoms with Gasteiger partial charge in [-0.1, -0.05) is 17.7 Å². The molecule has 0 bridgehead atoms. The standard InChI is InChI=1S/C13H14ClN3O/c1-8-3-4-9(14)7-11(8)16-12-6-5-10(15)13(17-12)18-2/h3-7H,15H2,1-2H3,(H,16,17). The van der Waals surface area contributed by atoms with E-state index in [1.807, 2.05) is 25.1 Å². The molecule has 0 unspecified atom stereocenters. The first-order chi connectivity index (χ1) is 8.60. The van der Waals surface area contributed by atoms with E-state index < -0.39 is 0 Å². The number of methoxy groups -OCH3 is 1. The topological polar surface area (TPSA) is 60.2 Å². The zero-order valence-corrected chi connectivity index (χ0v) is 11.0. The van der Waals surface area contributed by atoms with Gasteiger partial charge < -0.3 is 15.8 Å².